The summed E-state index contributed by atoms with van der Waals surface area (Å²) in [6, 6.07) is 8.60. The van der Waals surface area contributed by atoms with Gasteiger partial charge in [-0.2, -0.15) is 0 Å². The van der Waals surface area contributed by atoms with Crippen LogP contribution in [0.3, 0.4) is 0 Å². The summed E-state index contributed by atoms with van der Waals surface area (Å²) >= 11 is 0. The number of ether oxygens (including phenoxy) is 18. The summed E-state index contributed by atoms with van der Waals surface area (Å²) in [5, 5.41) is 87.0. The number of aliphatic carboxylic acids is 1. The summed E-state index contributed by atoms with van der Waals surface area (Å²) in [6.07, 6.45) is -35.7. The molecule has 0 aliphatic carbocycles. The van der Waals surface area contributed by atoms with E-state index in [-0.39, 0.29) is 6.61 Å². The Kier molecular flexibility index (Phi) is 20.3. The van der Waals surface area contributed by atoms with E-state index >= 15 is 0 Å². The Bertz CT molecular complexity index is 1880. The summed E-state index contributed by atoms with van der Waals surface area (Å²) < 4.78 is 106. The van der Waals surface area contributed by atoms with Crippen LogP contribution in [0.5, 0.6) is 0 Å². The molecule has 0 radical (unpaired) electrons. The Morgan fingerprint density at radius 1 is 0.534 bits per heavy atom. The van der Waals surface area contributed by atoms with Gasteiger partial charge in [-0.1, -0.05) is 30.3 Å². The molecule has 6 aliphatic rings. The van der Waals surface area contributed by atoms with E-state index in [0.717, 1.165) is 0 Å². The van der Waals surface area contributed by atoms with Gasteiger partial charge >= 0.3 is 11.9 Å². The van der Waals surface area contributed by atoms with Crippen LogP contribution in [0.2, 0.25) is 0 Å². The van der Waals surface area contributed by atoms with Gasteiger partial charge in [0.05, 0.1) is 26.4 Å². The lowest BCUT2D eigenvalue weighted by Crippen LogP contribution is -2.70. The fourth-order valence-electron chi connectivity index (χ4n) is 10.1. The number of methoxy groups -OCH3 is 7. The first-order valence-electron chi connectivity index (χ1n) is 23.4. The van der Waals surface area contributed by atoms with E-state index in [2.05, 4.69) is 0 Å². The van der Waals surface area contributed by atoms with Crippen LogP contribution in [-0.2, 0) is 101 Å². The normalized spacial score (nSPS) is 45.0. The first-order chi connectivity index (χ1) is 35.1. The maximum absolute atomic E-state index is 14.4. The SMILES string of the molecule is CO[C@H]1O[C@H](CO)[C@@H](O[C@@H]2O[C@]3(C(=O)OCc4ccccc4)CO[C@H]([C@@H]2OC)[C@@H]3O[C@H]2O[C@H](CO)[C@@H](O[C@@H]3O[C@H](C(=O)O)[C@@H](O[C@H]4O[C@H](CO)[C@@H](OC)[C@H](OC)[C@H]4OC)[C@H](OC)[C@H]3OC)[C@H](O)[C@H]2O)[C@H](O)[C@H]1O. The quantitative estimate of drug-likeness (QED) is 0.0504. The van der Waals surface area contributed by atoms with Crippen LogP contribution in [0.25, 0.3) is 0 Å². The lowest BCUT2D eigenvalue weighted by Gasteiger charge is -2.50. The molecular weight excluding hydrogens is 988 g/mol. The highest BCUT2D eigenvalue weighted by Crippen LogP contribution is 2.45. The minimum atomic E-state index is -2.28. The zero-order valence-corrected chi connectivity index (χ0v) is 41.0. The second-order valence-corrected chi connectivity index (χ2v) is 17.9. The number of carbonyl (C=O) groups is 2. The third-order valence-corrected chi connectivity index (χ3v) is 13.9. The van der Waals surface area contributed by atoms with Crippen LogP contribution in [0.4, 0.5) is 0 Å². The Hall–Kier alpha value is -2.80. The standard InChI is InChI=1S/C45H68O28/c1-56-28-21(15-48)67-41(34(59-4)29(28)57-2)70-31-30(58-3)35(60-5)42(71-33(31)38(53)54)68-26-20(14-47)66-40(25(52)23(26)50)72-37-32-36(61-6)43(69-27-19(13-46)65-39(62-7)24(51)22(27)49)73-45(37,17-64-32)44(55)63-16-18-11-9-8-10-12-18/h8-12,19-37,39-43,46-52H,13-17H2,1-7H3,(H,53,54)/t19-,20-,21-,22-,23-,24-,25-,26-,27-,28-,29+,30+,31+,32-,33+,34-,35-,36+,37+,39+,40-,41-,42-,43-,45-/m1/s1. The molecule has 6 saturated heterocycles. The van der Waals surface area contributed by atoms with E-state index in [1.165, 1.54) is 49.8 Å². The maximum atomic E-state index is 14.4. The highest BCUT2D eigenvalue weighted by Gasteiger charge is 2.69. The first kappa shape index (κ1) is 57.9. The van der Waals surface area contributed by atoms with Crippen molar-refractivity contribution in [2.45, 2.75) is 160 Å². The lowest BCUT2D eigenvalue weighted by molar-refractivity contribution is -0.390. The Balaban J connectivity index is 1.12. The van der Waals surface area contributed by atoms with Crippen molar-refractivity contribution < 1.29 is 136 Å². The van der Waals surface area contributed by atoms with Crippen molar-refractivity contribution >= 4 is 11.9 Å². The maximum Gasteiger partial charge on any atom is 0.344 e. The third kappa shape index (κ3) is 11.5. The van der Waals surface area contributed by atoms with E-state index in [1.54, 1.807) is 30.3 Å². The van der Waals surface area contributed by atoms with Crippen molar-refractivity contribution in [3.63, 3.8) is 0 Å². The van der Waals surface area contributed by atoms with Crippen LogP contribution in [-0.4, -0.2) is 282 Å². The highest BCUT2D eigenvalue weighted by atomic mass is 16.8. The second-order valence-electron chi connectivity index (χ2n) is 17.9. The van der Waals surface area contributed by atoms with Crippen molar-refractivity contribution in [1.82, 2.24) is 0 Å². The first-order valence-corrected chi connectivity index (χ1v) is 23.4. The lowest BCUT2D eigenvalue weighted by atomic mass is 9.89. The number of carbonyl (C=O) groups excluding carboxylic acids is 1. The average molecular weight is 1060 g/mol. The fraction of sp³-hybridized carbons (Fsp3) is 0.822. The highest BCUT2D eigenvalue weighted by molar-refractivity contribution is 5.82. The molecule has 6 heterocycles. The van der Waals surface area contributed by atoms with Gasteiger partial charge in [0, 0.05) is 49.8 Å². The molecule has 8 N–H and O–H groups in total. The van der Waals surface area contributed by atoms with Crippen LogP contribution in [0.1, 0.15) is 5.56 Å². The molecule has 7 rings (SSSR count). The Morgan fingerprint density at radius 3 is 1.55 bits per heavy atom. The molecular formula is C45H68O28. The van der Waals surface area contributed by atoms with E-state index in [1.807, 2.05) is 0 Å². The summed E-state index contributed by atoms with van der Waals surface area (Å²) in [5.41, 5.74) is -1.69. The van der Waals surface area contributed by atoms with E-state index in [4.69, 9.17) is 85.3 Å². The number of aliphatic hydroxyl groups is 7. The third-order valence-electron chi connectivity index (χ3n) is 13.9. The summed E-state index contributed by atoms with van der Waals surface area (Å²) in [4.78, 5) is 27.4. The zero-order valence-electron chi connectivity index (χ0n) is 41.0. The van der Waals surface area contributed by atoms with Crippen LogP contribution < -0.4 is 0 Å². The Labute approximate surface area is 418 Å². The molecule has 1 aromatic rings. The number of esters is 1. The minimum absolute atomic E-state index is 0.263. The summed E-state index contributed by atoms with van der Waals surface area (Å²) in [7, 11) is 9.04. The number of hydrogen-bond donors (Lipinski definition) is 8. The molecule has 2 bridgehead atoms. The number of benzene rings is 1. The molecule has 0 aromatic heterocycles. The van der Waals surface area contributed by atoms with Gasteiger partial charge in [-0.05, 0) is 5.56 Å². The molecule has 28 heteroatoms. The van der Waals surface area contributed by atoms with Crippen molar-refractivity contribution in [2.75, 3.05) is 76.2 Å². The molecule has 0 spiro atoms. The van der Waals surface area contributed by atoms with Crippen LogP contribution in [0.15, 0.2) is 30.3 Å². The predicted molar refractivity (Wildman–Crippen MR) is 232 cm³/mol. The number of carboxylic acid groups (broad SMARTS) is 1. The molecule has 6 aliphatic heterocycles. The number of carboxylic acids is 1. The van der Waals surface area contributed by atoms with Gasteiger partial charge in [0.25, 0.3) is 0 Å². The monoisotopic (exact) mass is 1060 g/mol. The van der Waals surface area contributed by atoms with Crippen molar-refractivity contribution in [3.05, 3.63) is 35.9 Å². The van der Waals surface area contributed by atoms with Crippen molar-refractivity contribution in [3.8, 4) is 0 Å². The fourth-order valence-corrected chi connectivity index (χ4v) is 10.1. The molecule has 0 saturated carbocycles. The molecule has 1 aromatic carbocycles. The molecule has 416 valence electrons. The Morgan fingerprint density at radius 2 is 1.01 bits per heavy atom. The van der Waals surface area contributed by atoms with E-state index in [9.17, 15) is 50.4 Å². The zero-order chi connectivity index (χ0) is 52.9. The topological polar surface area (TPSA) is 362 Å². The van der Waals surface area contributed by atoms with Gasteiger partial charge in [-0.25, -0.2) is 9.59 Å². The molecule has 28 nitrogen and oxygen atoms in total. The van der Waals surface area contributed by atoms with Gasteiger partial charge in [0.2, 0.25) is 5.60 Å². The van der Waals surface area contributed by atoms with Gasteiger partial charge < -0.3 is 126 Å². The second kappa shape index (κ2) is 25.6. The van der Waals surface area contributed by atoms with E-state index < -0.39 is 191 Å². The van der Waals surface area contributed by atoms with Gasteiger partial charge in [-0.3, -0.25) is 0 Å². The summed E-state index contributed by atoms with van der Waals surface area (Å²) in [5.74, 6) is -2.62. The number of aliphatic hydroxyl groups excluding tert-OH is 7. The minimum Gasteiger partial charge on any atom is -0.479 e. The molecule has 0 amide bonds. The molecule has 25 atom stereocenters. The van der Waals surface area contributed by atoms with Crippen LogP contribution >= 0.6 is 0 Å². The average Bonchev–Trinajstić information content (AvgIpc) is 3.66. The van der Waals surface area contributed by atoms with Crippen LogP contribution in [0, 0.1) is 0 Å². The predicted octanol–water partition coefficient (Wildman–Crippen LogP) is -5.09. The van der Waals surface area contributed by atoms with E-state index in [0.29, 0.717) is 5.56 Å². The van der Waals surface area contributed by atoms with Crippen molar-refractivity contribution in [2.24, 2.45) is 0 Å². The van der Waals surface area contributed by atoms with Gasteiger partial charge in [0.1, 0.15) is 116 Å². The largest absolute Gasteiger partial charge is 0.479 e. The molecule has 73 heavy (non-hydrogen) atoms. The van der Waals surface area contributed by atoms with Gasteiger partial charge in [-0.15, -0.1) is 0 Å². The molecule has 6 fully saturated rings. The number of hydrogen-bond acceptors (Lipinski definition) is 27. The van der Waals surface area contributed by atoms with Crippen molar-refractivity contribution in [1.29, 1.82) is 0 Å². The number of rotatable bonds is 22. The molecule has 0 unspecified atom stereocenters. The number of fused-ring (bicyclic) bond motifs is 2. The van der Waals surface area contributed by atoms with Gasteiger partial charge in [0.15, 0.2) is 37.6 Å². The smallest absolute Gasteiger partial charge is 0.344 e. The summed E-state index contributed by atoms with van der Waals surface area (Å²) in [6.45, 7) is -3.00.